The van der Waals surface area contributed by atoms with Crippen LogP contribution in [0, 0.1) is 0 Å². The van der Waals surface area contributed by atoms with E-state index in [2.05, 4.69) is 9.88 Å². The summed E-state index contributed by atoms with van der Waals surface area (Å²) in [6, 6.07) is 12.2. The van der Waals surface area contributed by atoms with Gasteiger partial charge in [0.1, 0.15) is 4.90 Å². The van der Waals surface area contributed by atoms with Gasteiger partial charge in [0, 0.05) is 30.7 Å². The molecule has 7 heteroatoms. The maximum Gasteiger partial charge on any atom is 0.210 e. The van der Waals surface area contributed by atoms with Crippen molar-refractivity contribution in [2.45, 2.75) is 35.5 Å². The molecule has 1 saturated heterocycles. The van der Waals surface area contributed by atoms with Crippen LogP contribution in [0.1, 0.15) is 25.7 Å². The fraction of sp³-hybridized carbons (Fsp3) is 0.348. The Morgan fingerprint density at radius 1 is 0.900 bits per heavy atom. The van der Waals surface area contributed by atoms with Gasteiger partial charge in [0.2, 0.25) is 9.84 Å². The van der Waals surface area contributed by atoms with Crippen molar-refractivity contribution in [1.82, 2.24) is 4.98 Å². The summed E-state index contributed by atoms with van der Waals surface area (Å²) in [6.45, 7) is 1.62. The Bertz CT molecular complexity index is 1140. The summed E-state index contributed by atoms with van der Waals surface area (Å²) in [5.41, 5.74) is 1.38. The summed E-state index contributed by atoms with van der Waals surface area (Å²) in [4.78, 5) is 7.19. The molecule has 158 valence electrons. The lowest BCUT2D eigenvalue weighted by molar-refractivity contribution is 0.356. The molecule has 1 aliphatic rings. The largest absolute Gasteiger partial charge is 0.493 e. The molecule has 2 heterocycles. The molecule has 0 N–H and O–H groups in total. The Balaban J connectivity index is 2.01. The third-order valence-electron chi connectivity index (χ3n) is 5.58. The molecule has 0 atom stereocenters. The first-order valence-corrected chi connectivity index (χ1v) is 11.6. The third kappa shape index (κ3) is 3.69. The molecule has 0 spiro atoms. The average Bonchev–Trinajstić information content (AvgIpc) is 3.07. The topological polar surface area (TPSA) is 68.7 Å². The first-order valence-electron chi connectivity index (χ1n) is 10.2. The van der Waals surface area contributed by atoms with Gasteiger partial charge in [-0.05, 0) is 31.0 Å². The van der Waals surface area contributed by atoms with Gasteiger partial charge >= 0.3 is 0 Å². The van der Waals surface area contributed by atoms with Crippen LogP contribution in [-0.2, 0) is 9.84 Å². The summed E-state index contributed by atoms with van der Waals surface area (Å²) in [5, 5.41) is 0.756. The van der Waals surface area contributed by atoms with Gasteiger partial charge in [-0.25, -0.2) is 8.42 Å². The van der Waals surface area contributed by atoms with Crippen molar-refractivity contribution in [1.29, 1.82) is 0 Å². The van der Waals surface area contributed by atoms with Crippen LogP contribution in [-0.4, -0.2) is 40.7 Å². The number of aromatic nitrogens is 1. The molecule has 3 aromatic rings. The maximum absolute atomic E-state index is 13.6. The Morgan fingerprint density at radius 2 is 1.53 bits per heavy atom. The number of methoxy groups -OCH3 is 2. The van der Waals surface area contributed by atoms with Crippen molar-refractivity contribution >= 4 is 26.4 Å². The maximum atomic E-state index is 13.6. The minimum Gasteiger partial charge on any atom is -0.493 e. The summed E-state index contributed by atoms with van der Waals surface area (Å²) < 4.78 is 38.1. The Labute approximate surface area is 177 Å². The lowest BCUT2D eigenvalue weighted by atomic mass is 10.1. The number of hydrogen-bond donors (Lipinski definition) is 0. The van der Waals surface area contributed by atoms with E-state index in [-0.39, 0.29) is 9.79 Å². The molecule has 30 heavy (non-hydrogen) atoms. The highest BCUT2D eigenvalue weighted by Crippen LogP contribution is 2.41. The Morgan fingerprint density at radius 3 is 2.17 bits per heavy atom. The summed E-state index contributed by atoms with van der Waals surface area (Å²) >= 11 is 0. The first kappa shape index (κ1) is 20.5. The van der Waals surface area contributed by atoms with E-state index in [4.69, 9.17) is 9.47 Å². The van der Waals surface area contributed by atoms with Crippen molar-refractivity contribution in [3.8, 4) is 11.5 Å². The molecule has 0 bridgehead atoms. The van der Waals surface area contributed by atoms with Crippen molar-refractivity contribution < 1.29 is 17.9 Å². The van der Waals surface area contributed by atoms with Gasteiger partial charge in [0.25, 0.3) is 0 Å². The van der Waals surface area contributed by atoms with Gasteiger partial charge in [-0.15, -0.1) is 0 Å². The van der Waals surface area contributed by atoms with Gasteiger partial charge in [0.05, 0.1) is 30.3 Å². The minimum atomic E-state index is -3.73. The van der Waals surface area contributed by atoms with Gasteiger partial charge in [-0.1, -0.05) is 31.0 Å². The molecule has 4 rings (SSSR count). The number of anilines is 1. The highest BCUT2D eigenvalue weighted by molar-refractivity contribution is 7.91. The minimum absolute atomic E-state index is 0.232. The second kappa shape index (κ2) is 8.52. The smallest absolute Gasteiger partial charge is 0.210 e. The quantitative estimate of drug-likeness (QED) is 0.600. The number of nitrogens with zero attached hydrogens (tertiary/aromatic N) is 2. The zero-order valence-corrected chi connectivity index (χ0v) is 18.1. The number of pyridine rings is 1. The number of hydrogen-bond acceptors (Lipinski definition) is 6. The molecule has 0 unspecified atom stereocenters. The fourth-order valence-electron chi connectivity index (χ4n) is 4.03. The van der Waals surface area contributed by atoms with Gasteiger partial charge < -0.3 is 14.4 Å². The van der Waals surface area contributed by atoms with Gasteiger partial charge in [-0.3, -0.25) is 4.98 Å². The Kier molecular flexibility index (Phi) is 5.81. The zero-order valence-electron chi connectivity index (χ0n) is 17.3. The van der Waals surface area contributed by atoms with E-state index in [9.17, 15) is 8.42 Å². The zero-order chi connectivity index (χ0) is 21.1. The van der Waals surface area contributed by atoms with E-state index < -0.39 is 9.84 Å². The highest BCUT2D eigenvalue weighted by Gasteiger charge is 2.28. The van der Waals surface area contributed by atoms with E-state index in [1.165, 1.54) is 6.20 Å². The molecule has 1 aromatic heterocycles. The molecule has 0 amide bonds. The van der Waals surface area contributed by atoms with Crippen molar-refractivity contribution in [2.75, 3.05) is 32.2 Å². The van der Waals surface area contributed by atoms with Crippen LogP contribution in [0.5, 0.6) is 11.5 Å². The lowest BCUT2D eigenvalue weighted by Gasteiger charge is -2.27. The van der Waals surface area contributed by atoms with Crippen LogP contribution in [0.25, 0.3) is 10.9 Å². The van der Waals surface area contributed by atoms with Crippen LogP contribution in [0.15, 0.2) is 58.5 Å². The van der Waals surface area contributed by atoms with Crippen molar-refractivity contribution in [3.05, 3.63) is 48.7 Å². The van der Waals surface area contributed by atoms with Crippen LogP contribution < -0.4 is 14.4 Å². The van der Waals surface area contributed by atoms with Crippen LogP contribution in [0.2, 0.25) is 0 Å². The van der Waals surface area contributed by atoms with Crippen LogP contribution in [0.4, 0.5) is 5.69 Å². The number of fused-ring (bicyclic) bond motifs is 1. The second-order valence-electron chi connectivity index (χ2n) is 7.41. The van der Waals surface area contributed by atoms with E-state index >= 15 is 0 Å². The molecule has 0 saturated carbocycles. The molecular formula is C23H26N2O4S. The molecule has 2 aromatic carbocycles. The van der Waals surface area contributed by atoms with E-state index in [0.717, 1.165) is 44.2 Å². The standard InChI is InChI=1S/C23H26N2O4S/c1-28-20-14-18-19(15-21(20)29-2)24-16-22(23(18)25-12-8-3-4-9-13-25)30(26,27)17-10-6-5-7-11-17/h5-7,10-11,14-16H,3-4,8-9,12-13H2,1-2H3. The van der Waals surface area contributed by atoms with Gasteiger partial charge in [0.15, 0.2) is 11.5 Å². The summed E-state index contributed by atoms with van der Waals surface area (Å²) in [6.07, 6.45) is 5.84. The predicted molar refractivity (Wildman–Crippen MR) is 117 cm³/mol. The normalized spacial score (nSPS) is 15.1. The van der Waals surface area contributed by atoms with Crippen molar-refractivity contribution in [3.63, 3.8) is 0 Å². The van der Waals surface area contributed by atoms with Crippen LogP contribution in [0.3, 0.4) is 0 Å². The molecule has 0 aliphatic carbocycles. The summed E-state index contributed by atoms with van der Waals surface area (Å²) in [5.74, 6) is 1.12. The number of sulfone groups is 1. The molecule has 0 radical (unpaired) electrons. The van der Waals surface area contributed by atoms with E-state index in [1.807, 2.05) is 12.1 Å². The molecule has 1 aliphatic heterocycles. The van der Waals surface area contributed by atoms with E-state index in [1.54, 1.807) is 44.6 Å². The monoisotopic (exact) mass is 426 g/mol. The number of benzene rings is 2. The lowest BCUT2D eigenvalue weighted by Crippen LogP contribution is -2.26. The fourth-order valence-corrected chi connectivity index (χ4v) is 5.48. The van der Waals surface area contributed by atoms with Gasteiger partial charge in [-0.2, -0.15) is 0 Å². The first-order chi connectivity index (χ1) is 14.6. The van der Waals surface area contributed by atoms with E-state index in [0.29, 0.717) is 22.7 Å². The highest BCUT2D eigenvalue weighted by atomic mass is 32.2. The predicted octanol–water partition coefficient (Wildman–Crippen LogP) is 4.47. The number of rotatable bonds is 5. The third-order valence-corrected chi connectivity index (χ3v) is 7.35. The Hall–Kier alpha value is -2.80. The number of ether oxygens (including phenoxy) is 2. The molecular weight excluding hydrogens is 400 g/mol. The average molecular weight is 427 g/mol. The van der Waals surface area contributed by atoms with Crippen molar-refractivity contribution in [2.24, 2.45) is 0 Å². The second-order valence-corrected chi connectivity index (χ2v) is 9.33. The summed E-state index contributed by atoms with van der Waals surface area (Å²) in [7, 11) is -0.580. The molecule has 1 fully saturated rings. The van der Waals surface area contributed by atoms with Crippen LogP contribution >= 0.6 is 0 Å². The SMILES string of the molecule is COc1cc2ncc(S(=O)(=O)c3ccccc3)c(N3CCCCCC3)c2cc1OC. The molecule has 6 nitrogen and oxygen atoms in total.